The molecule has 0 aromatic heterocycles. The van der Waals surface area contributed by atoms with E-state index in [1.807, 2.05) is 0 Å². The van der Waals surface area contributed by atoms with Crippen LogP contribution in [0.3, 0.4) is 0 Å². The minimum atomic E-state index is -1.35. The number of aliphatic carboxylic acids is 1. The Labute approximate surface area is 279 Å². The van der Waals surface area contributed by atoms with Crippen molar-refractivity contribution in [2.45, 2.75) is 58.1 Å². The van der Waals surface area contributed by atoms with Gasteiger partial charge in [0.2, 0.25) is 5.78 Å². The zero-order valence-corrected chi connectivity index (χ0v) is 27.9. The fourth-order valence-corrected chi connectivity index (χ4v) is 5.35. The van der Waals surface area contributed by atoms with Crippen molar-refractivity contribution in [2.75, 3.05) is 41.1 Å². The summed E-state index contributed by atoms with van der Waals surface area (Å²) in [6.07, 6.45) is 2.06. The number of carboxylic acids is 1. The van der Waals surface area contributed by atoms with Crippen molar-refractivity contribution in [3.05, 3.63) is 60.2 Å². The first-order valence-corrected chi connectivity index (χ1v) is 15.4. The molecule has 0 saturated carbocycles. The van der Waals surface area contributed by atoms with Crippen molar-refractivity contribution in [3.8, 4) is 23.0 Å². The highest BCUT2D eigenvalue weighted by atomic mass is 16.5. The molecule has 2 aromatic rings. The van der Waals surface area contributed by atoms with Crippen molar-refractivity contribution in [2.24, 2.45) is 5.41 Å². The molecule has 13 nitrogen and oxygen atoms in total. The average molecular weight is 670 g/mol. The molecule has 1 N–H and O–H groups in total. The Morgan fingerprint density at radius 1 is 1.02 bits per heavy atom. The fourth-order valence-electron chi connectivity index (χ4n) is 5.35. The number of methoxy groups -OCH3 is 3. The van der Waals surface area contributed by atoms with Crippen LogP contribution in [0.25, 0.3) is 0 Å². The first-order chi connectivity index (χ1) is 22.9. The van der Waals surface area contributed by atoms with Gasteiger partial charge in [0, 0.05) is 18.2 Å². The highest BCUT2D eigenvalue weighted by Gasteiger charge is 2.42. The molecule has 13 heteroatoms. The minimum absolute atomic E-state index is 0.161. The van der Waals surface area contributed by atoms with Gasteiger partial charge in [0.1, 0.15) is 30.3 Å². The van der Waals surface area contributed by atoms with Gasteiger partial charge in [-0.1, -0.05) is 18.7 Å². The number of carbonyl (C=O) groups excluding carboxylic acids is 4. The number of nitrogens with zero attached hydrogens (tertiary/aromatic N) is 1. The average Bonchev–Trinajstić information content (AvgIpc) is 3.10. The van der Waals surface area contributed by atoms with Gasteiger partial charge in [0.15, 0.2) is 18.1 Å². The number of ether oxygens (including phenoxy) is 6. The third-order valence-electron chi connectivity index (χ3n) is 7.92. The molecule has 0 aliphatic carbocycles. The summed E-state index contributed by atoms with van der Waals surface area (Å²) in [5, 5.41) is 9.08. The Morgan fingerprint density at radius 3 is 2.38 bits per heavy atom. The van der Waals surface area contributed by atoms with Crippen molar-refractivity contribution in [1.29, 1.82) is 0 Å². The minimum Gasteiger partial charge on any atom is -0.496 e. The van der Waals surface area contributed by atoms with Gasteiger partial charge in [0.25, 0.3) is 5.91 Å². The fraction of sp³-hybridized carbons (Fsp3) is 0.457. The van der Waals surface area contributed by atoms with Crippen molar-refractivity contribution in [1.82, 2.24) is 4.90 Å². The molecular formula is C35H43NO12. The summed E-state index contributed by atoms with van der Waals surface area (Å²) >= 11 is 0. The summed E-state index contributed by atoms with van der Waals surface area (Å²) in [4.78, 5) is 64.6. The molecule has 48 heavy (non-hydrogen) atoms. The number of hydrogen-bond donors (Lipinski definition) is 1. The maximum atomic E-state index is 13.9. The Kier molecular flexibility index (Phi) is 13.4. The topological polar surface area (TPSA) is 164 Å². The van der Waals surface area contributed by atoms with Crippen LogP contribution in [0.2, 0.25) is 0 Å². The van der Waals surface area contributed by atoms with Gasteiger partial charge in [0.05, 0.1) is 26.7 Å². The summed E-state index contributed by atoms with van der Waals surface area (Å²) in [5.74, 6) is -2.56. The van der Waals surface area contributed by atoms with E-state index >= 15 is 0 Å². The number of amides is 1. The van der Waals surface area contributed by atoms with Crippen LogP contribution in [-0.2, 0) is 39.9 Å². The van der Waals surface area contributed by atoms with Gasteiger partial charge in [-0.2, -0.15) is 0 Å². The Bertz CT molecular complexity index is 1500. The normalized spacial score (nSPS) is 15.0. The van der Waals surface area contributed by atoms with Crippen LogP contribution in [0.1, 0.15) is 56.8 Å². The zero-order chi connectivity index (χ0) is 35.4. The lowest BCUT2D eigenvalue weighted by molar-refractivity contribution is -0.165. The number of hydrogen-bond acceptors (Lipinski definition) is 11. The largest absolute Gasteiger partial charge is 0.496 e. The molecule has 1 saturated heterocycles. The van der Waals surface area contributed by atoms with Crippen LogP contribution in [0.4, 0.5) is 0 Å². The smallest absolute Gasteiger partial charge is 0.341 e. The molecule has 3 rings (SSSR count). The number of carboxylic acid groups (broad SMARTS) is 1. The molecule has 1 heterocycles. The lowest BCUT2D eigenvalue weighted by Crippen LogP contribution is -2.53. The van der Waals surface area contributed by atoms with Gasteiger partial charge in [-0.05, 0) is 75.8 Å². The van der Waals surface area contributed by atoms with Crippen molar-refractivity contribution >= 4 is 29.6 Å². The number of carbonyl (C=O) groups is 5. The van der Waals surface area contributed by atoms with Crippen molar-refractivity contribution in [3.63, 3.8) is 0 Å². The summed E-state index contributed by atoms with van der Waals surface area (Å²) in [7, 11) is 4.53. The molecule has 0 bridgehead atoms. The number of likely N-dealkylation sites (tertiary alicyclic amines) is 1. The van der Waals surface area contributed by atoms with E-state index in [9.17, 15) is 24.0 Å². The standard InChI is InChI=1S/C35H43NO12/c1-7-30(39)47-21-35(2,3)32(40)33(41)36-18-9-8-13-25(36)34(42)48-26(22-11-10-12-23(19-22)46-20-29(37)38)15-14-24-27(43-4)16-17-28(44-5)31(24)45-6/h7,10-12,16-17,19,25-26H,1,8-9,13-15,18,20-21H2,2-6H3,(H,37,38)/t25-,26?/m0/s1. The number of ketones is 1. The summed E-state index contributed by atoms with van der Waals surface area (Å²) in [6, 6.07) is 8.93. The van der Waals surface area contributed by atoms with Crippen LogP contribution < -0.4 is 18.9 Å². The lowest BCUT2D eigenvalue weighted by Gasteiger charge is -2.36. The van der Waals surface area contributed by atoms with Crippen LogP contribution in [0, 0.1) is 5.41 Å². The second-order valence-electron chi connectivity index (χ2n) is 11.7. The van der Waals surface area contributed by atoms with Crippen LogP contribution in [0.5, 0.6) is 23.0 Å². The molecule has 1 amide bonds. The number of rotatable bonds is 17. The third kappa shape index (κ3) is 9.49. The quantitative estimate of drug-likeness (QED) is 0.146. The van der Waals surface area contributed by atoms with E-state index in [0.29, 0.717) is 47.6 Å². The molecule has 1 aliphatic heterocycles. The van der Waals surface area contributed by atoms with E-state index in [4.69, 9.17) is 33.5 Å². The molecule has 1 aliphatic rings. The maximum absolute atomic E-state index is 13.9. The number of Topliss-reactive ketones (excluding diaryl/α,β-unsaturated/α-hetero) is 1. The second kappa shape index (κ2) is 17.2. The molecule has 1 fully saturated rings. The van der Waals surface area contributed by atoms with Gasteiger partial charge >= 0.3 is 17.9 Å². The van der Waals surface area contributed by atoms with E-state index in [0.717, 1.165) is 6.08 Å². The SMILES string of the molecule is C=CC(=O)OCC(C)(C)C(=O)C(=O)N1CCCC[C@H]1C(=O)OC(CCc1c(OC)ccc(OC)c1OC)c1cccc(OCC(=O)O)c1. The van der Waals surface area contributed by atoms with Gasteiger partial charge < -0.3 is 38.4 Å². The second-order valence-corrected chi connectivity index (χ2v) is 11.7. The Hall–Kier alpha value is -5.07. The van der Waals surface area contributed by atoms with E-state index < -0.39 is 53.8 Å². The predicted molar refractivity (Wildman–Crippen MR) is 172 cm³/mol. The Balaban J connectivity index is 1.92. The molecule has 0 spiro atoms. The highest BCUT2D eigenvalue weighted by Crippen LogP contribution is 2.40. The van der Waals surface area contributed by atoms with E-state index in [-0.39, 0.29) is 31.7 Å². The molecule has 260 valence electrons. The van der Waals surface area contributed by atoms with Gasteiger partial charge in [-0.25, -0.2) is 14.4 Å². The number of esters is 2. The highest BCUT2D eigenvalue weighted by molar-refractivity contribution is 6.38. The Morgan fingerprint density at radius 2 is 1.73 bits per heavy atom. The number of piperidine rings is 1. The summed E-state index contributed by atoms with van der Waals surface area (Å²) in [6.45, 7) is 5.55. The van der Waals surface area contributed by atoms with Crippen LogP contribution in [-0.4, -0.2) is 86.7 Å². The van der Waals surface area contributed by atoms with E-state index in [1.54, 1.807) is 36.4 Å². The maximum Gasteiger partial charge on any atom is 0.341 e. The van der Waals surface area contributed by atoms with E-state index in [2.05, 4.69) is 6.58 Å². The predicted octanol–water partition coefficient (Wildman–Crippen LogP) is 4.10. The van der Waals surface area contributed by atoms with Crippen molar-refractivity contribution < 1.29 is 57.5 Å². The molecule has 2 atom stereocenters. The zero-order valence-electron chi connectivity index (χ0n) is 27.9. The first kappa shape index (κ1) is 37.4. The third-order valence-corrected chi connectivity index (χ3v) is 7.92. The lowest BCUT2D eigenvalue weighted by atomic mass is 9.87. The monoisotopic (exact) mass is 669 g/mol. The van der Waals surface area contributed by atoms with E-state index in [1.165, 1.54) is 40.1 Å². The first-order valence-electron chi connectivity index (χ1n) is 15.4. The van der Waals surface area contributed by atoms with Crippen LogP contribution in [0.15, 0.2) is 49.1 Å². The summed E-state index contributed by atoms with van der Waals surface area (Å²) < 4.78 is 33.2. The molecular weight excluding hydrogens is 626 g/mol. The number of benzene rings is 2. The van der Waals surface area contributed by atoms with Gasteiger partial charge in [-0.15, -0.1) is 0 Å². The van der Waals surface area contributed by atoms with Gasteiger partial charge in [-0.3, -0.25) is 9.59 Å². The summed E-state index contributed by atoms with van der Waals surface area (Å²) in [5.41, 5.74) is -0.171. The molecule has 0 radical (unpaired) electrons. The molecule has 1 unspecified atom stereocenters. The van der Waals surface area contributed by atoms with Crippen LogP contribution >= 0.6 is 0 Å². The molecule has 2 aromatic carbocycles.